The molecule has 0 spiro atoms. The summed E-state index contributed by atoms with van der Waals surface area (Å²) in [6, 6.07) is 9.94. The van der Waals surface area contributed by atoms with Crippen molar-refractivity contribution >= 4 is 17.3 Å². The van der Waals surface area contributed by atoms with Crippen molar-refractivity contribution in [3.05, 3.63) is 53.3 Å². The van der Waals surface area contributed by atoms with E-state index in [1.54, 1.807) is 12.3 Å². The van der Waals surface area contributed by atoms with Crippen LogP contribution in [-0.2, 0) is 6.42 Å². The Bertz CT molecular complexity index is 650. The van der Waals surface area contributed by atoms with E-state index in [9.17, 15) is 4.79 Å². The van der Waals surface area contributed by atoms with E-state index in [1.807, 2.05) is 6.07 Å². The van der Waals surface area contributed by atoms with Crippen LogP contribution in [0.4, 0.5) is 11.4 Å². The summed E-state index contributed by atoms with van der Waals surface area (Å²) in [4.78, 5) is 16.2. The highest BCUT2D eigenvalue weighted by Gasteiger charge is 2.08. The summed E-state index contributed by atoms with van der Waals surface area (Å²) in [5.74, 6) is -0.116. The Morgan fingerprint density at radius 1 is 1.17 bits per heavy atom. The lowest BCUT2D eigenvalue weighted by Gasteiger charge is -2.14. The van der Waals surface area contributed by atoms with Gasteiger partial charge in [0.2, 0.25) is 0 Å². The quantitative estimate of drug-likeness (QED) is 0.753. The number of aromatic nitrogens is 1. The van der Waals surface area contributed by atoms with Gasteiger partial charge >= 0.3 is 0 Å². The first kappa shape index (κ1) is 17.0. The number of hydrogen-bond donors (Lipinski definition) is 2. The van der Waals surface area contributed by atoms with E-state index in [1.165, 1.54) is 11.1 Å². The van der Waals surface area contributed by atoms with Gasteiger partial charge in [-0.2, -0.15) is 0 Å². The molecule has 0 unspecified atom stereocenters. The number of unbranched alkanes of at least 4 members (excludes halogenated alkanes) is 1. The maximum absolute atomic E-state index is 11.9. The standard InChI is InChI=1S/C19H25N3O/c1-4-6-12-20-19(23)17-11-10-16(13-21-17)22-18-14(3)8-7-9-15(18)5-2/h7-11,13,22H,4-6,12H2,1-3H3,(H,20,23). The zero-order valence-corrected chi connectivity index (χ0v) is 14.1. The highest BCUT2D eigenvalue weighted by Crippen LogP contribution is 2.25. The smallest absolute Gasteiger partial charge is 0.269 e. The van der Waals surface area contributed by atoms with Crippen molar-refractivity contribution in [3.8, 4) is 0 Å². The van der Waals surface area contributed by atoms with Gasteiger partial charge in [0.1, 0.15) is 5.69 Å². The third-order valence-electron chi connectivity index (χ3n) is 3.82. The summed E-state index contributed by atoms with van der Waals surface area (Å²) in [6.07, 6.45) is 4.72. The van der Waals surface area contributed by atoms with Gasteiger partial charge in [-0.1, -0.05) is 38.5 Å². The number of hydrogen-bond acceptors (Lipinski definition) is 3. The maximum atomic E-state index is 11.9. The molecule has 2 N–H and O–H groups in total. The number of nitrogens with one attached hydrogen (secondary N) is 2. The fourth-order valence-electron chi connectivity index (χ4n) is 2.42. The lowest BCUT2D eigenvalue weighted by molar-refractivity contribution is 0.0948. The molecule has 0 fully saturated rings. The molecular formula is C19H25N3O. The van der Waals surface area contributed by atoms with Crippen molar-refractivity contribution in [1.82, 2.24) is 10.3 Å². The minimum Gasteiger partial charge on any atom is -0.354 e. The number of aryl methyl sites for hydroxylation is 2. The Morgan fingerprint density at radius 2 is 2.00 bits per heavy atom. The topological polar surface area (TPSA) is 54.0 Å². The van der Waals surface area contributed by atoms with E-state index in [0.29, 0.717) is 12.2 Å². The first-order chi connectivity index (χ1) is 11.2. The molecule has 0 bridgehead atoms. The Morgan fingerprint density at radius 3 is 2.65 bits per heavy atom. The van der Waals surface area contributed by atoms with Crippen LogP contribution < -0.4 is 10.6 Å². The number of carbonyl (C=O) groups is 1. The normalized spacial score (nSPS) is 10.4. The van der Waals surface area contributed by atoms with Crippen LogP contribution in [0.5, 0.6) is 0 Å². The Kier molecular flexibility index (Phi) is 6.15. The monoisotopic (exact) mass is 311 g/mol. The highest BCUT2D eigenvalue weighted by molar-refractivity contribution is 5.92. The van der Waals surface area contributed by atoms with Gasteiger partial charge in [0.25, 0.3) is 5.91 Å². The molecule has 0 saturated carbocycles. The van der Waals surface area contributed by atoms with E-state index in [0.717, 1.165) is 30.6 Å². The molecule has 1 heterocycles. The minimum absolute atomic E-state index is 0.116. The Hall–Kier alpha value is -2.36. The fraction of sp³-hybridized carbons (Fsp3) is 0.368. The van der Waals surface area contributed by atoms with Crippen LogP contribution >= 0.6 is 0 Å². The number of amides is 1. The van der Waals surface area contributed by atoms with Crippen molar-refractivity contribution in [1.29, 1.82) is 0 Å². The molecule has 122 valence electrons. The van der Waals surface area contributed by atoms with Crippen LogP contribution in [0.1, 0.15) is 48.3 Å². The van der Waals surface area contributed by atoms with E-state index in [4.69, 9.17) is 0 Å². The average molecular weight is 311 g/mol. The summed E-state index contributed by atoms with van der Waals surface area (Å²) in [5, 5.41) is 6.29. The maximum Gasteiger partial charge on any atom is 0.269 e. The summed E-state index contributed by atoms with van der Waals surface area (Å²) in [5.41, 5.74) is 4.93. The molecule has 0 aliphatic carbocycles. The third kappa shape index (κ3) is 4.55. The fourth-order valence-corrected chi connectivity index (χ4v) is 2.42. The van der Waals surface area contributed by atoms with Crippen LogP contribution in [0.3, 0.4) is 0 Å². The molecule has 0 saturated heterocycles. The van der Waals surface area contributed by atoms with Crippen molar-refractivity contribution in [2.45, 2.75) is 40.0 Å². The lowest BCUT2D eigenvalue weighted by Crippen LogP contribution is -2.25. The summed E-state index contributed by atoms with van der Waals surface area (Å²) in [6.45, 7) is 7.02. The van der Waals surface area contributed by atoms with Gasteiger partial charge in [0.05, 0.1) is 11.9 Å². The number of rotatable bonds is 7. The van der Waals surface area contributed by atoms with E-state index < -0.39 is 0 Å². The van der Waals surface area contributed by atoms with Crippen LogP contribution in [0, 0.1) is 6.92 Å². The molecular weight excluding hydrogens is 286 g/mol. The van der Waals surface area contributed by atoms with Gasteiger partial charge in [0, 0.05) is 12.2 Å². The average Bonchev–Trinajstić information content (AvgIpc) is 2.57. The minimum atomic E-state index is -0.116. The summed E-state index contributed by atoms with van der Waals surface area (Å²) < 4.78 is 0. The van der Waals surface area contributed by atoms with E-state index in [-0.39, 0.29) is 5.91 Å². The van der Waals surface area contributed by atoms with Crippen LogP contribution in [0.2, 0.25) is 0 Å². The second-order valence-corrected chi connectivity index (χ2v) is 5.63. The van der Waals surface area contributed by atoms with Gasteiger partial charge in [-0.15, -0.1) is 0 Å². The van der Waals surface area contributed by atoms with Crippen LogP contribution in [-0.4, -0.2) is 17.4 Å². The predicted octanol–water partition coefficient (Wildman–Crippen LogP) is 4.23. The van der Waals surface area contributed by atoms with Gasteiger partial charge < -0.3 is 10.6 Å². The molecule has 1 aromatic heterocycles. The Balaban J connectivity index is 2.07. The van der Waals surface area contributed by atoms with Crippen LogP contribution in [0.25, 0.3) is 0 Å². The third-order valence-corrected chi connectivity index (χ3v) is 3.82. The van der Waals surface area contributed by atoms with Gasteiger partial charge in [-0.3, -0.25) is 4.79 Å². The molecule has 1 aromatic carbocycles. The van der Waals surface area contributed by atoms with Gasteiger partial charge in [0.15, 0.2) is 0 Å². The predicted molar refractivity (Wildman–Crippen MR) is 95.3 cm³/mol. The molecule has 23 heavy (non-hydrogen) atoms. The SMILES string of the molecule is CCCCNC(=O)c1ccc(Nc2c(C)cccc2CC)cn1. The number of nitrogens with zero attached hydrogens (tertiary/aromatic N) is 1. The zero-order chi connectivity index (χ0) is 16.7. The molecule has 2 aromatic rings. The first-order valence-electron chi connectivity index (χ1n) is 8.25. The second-order valence-electron chi connectivity index (χ2n) is 5.63. The second kappa shape index (κ2) is 8.32. The molecule has 1 amide bonds. The lowest BCUT2D eigenvalue weighted by atomic mass is 10.1. The molecule has 0 atom stereocenters. The Labute approximate surface area is 138 Å². The number of benzene rings is 1. The van der Waals surface area contributed by atoms with Crippen molar-refractivity contribution < 1.29 is 4.79 Å². The zero-order valence-electron chi connectivity index (χ0n) is 14.1. The van der Waals surface area contributed by atoms with Gasteiger partial charge in [-0.25, -0.2) is 4.98 Å². The van der Waals surface area contributed by atoms with Crippen molar-refractivity contribution in [2.75, 3.05) is 11.9 Å². The summed E-state index contributed by atoms with van der Waals surface area (Å²) in [7, 11) is 0. The molecule has 0 aliphatic heterocycles. The number of carbonyl (C=O) groups excluding carboxylic acids is 1. The number of pyridine rings is 1. The largest absolute Gasteiger partial charge is 0.354 e. The molecule has 0 radical (unpaired) electrons. The number of para-hydroxylation sites is 1. The van der Waals surface area contributed by atoms with Crippen LogP contribution in [0.15, 0.2) is 36.5 Å². The van der Waals surface area contributed by atoms with E-state index >= 15 is 0 Å². The van der Waals surface area contributed by atoms with E-state index in [2.05, 4.69) is 54.6 Å². The van der Waals surface area contributed by atoms with Crippen molar-refractivity contribution in [3.63, 3.8) is 0 Å². The molecule has 4 heteroatoms. The molecule has 2 rings (SSSR count). The van der Waals surface area contributed by atoms with Crippen molar-refractivity contribution in [2.24, 2.45) is 0 Å². The molecule has 4 nitrogen and oxygen atoms in total. The molecule has 0 aliphatic rings. The van der Waals surface area contributed by atoms with Gasteiger partial charge in [-0.05, 0) is 43.0 Å². The summed E-state index contributed by atoms with van der Waals surface area (Å²) >= 11 is 0. The highest BCUT2D eigenvalue weighted by atomic mass is 16.1. The first-order valence-corrected chi connectivity index (χ1v) is 8.25. The number of anilines is 2.